The highest BCUT2D eigenvalue weighted by Gasteiger charge is 2.01. The van der Waals surface area contributed by atoms with E-state index in [-0.39, 0.29) is 0 Å². The van der Waals surface area contributed by atoms with Crippen LogP contribution in [0.15, 0.2) is 30.5 Å². The molecule has 78 valence electrons. The third-order valence-electron chi connectivity index (χ3n) is 2.46. The second-order valence-corrected chi connectivity index (χ2v) is 3.66. The first-order valence-electron chi connectivity index (χ1n) is 5.35. The van der Waals surface area contributed by atoms with E-state index in [0.29, 0.717) is 0 Å². The Hall–Kier alpha value is -1.64. The molecule has 0 aliphatic heterocycles. The van der Waals surface area contributed by atoms with Crippen molar-refractivity contribution in [3.05, 3.63) is 36.0 Å². The number of hydrogen-bond acceptors (Lipinski definition) is 2. The number of rotatable bonds is 4. The standard InChI is InChI=1S/C12H15N3/c1-2-3-5-10-6-4-7-11(8-10)12-9-13-15-14-12/h4,6-9H,2-3,5H2,1H3,(H,13,14,15). The van der Waals surface area contributed by atoms with Gasteiger partial charge in [-0.1, -0.05) is 31.5 Å². The van der Waals surface area contributed by atoms with E-state index < -0.39 is 0 Å². The lowest BCUT2D eigenvalue weighted by molar-refractivity contribution is 0.795. The Labute approximate surface area is 89.5 Å². The fraction of sp³-hybridized carbons (Fsp3) is 0.333. The number of unbranched alkanes of at least 4 members (excludes halogenated alkanes) is 1. The molecule has 0 aliphatic carbocycles. The van der Waals surface area contributed by atoms with Gasteiger partial charge in [-0.2, -0.15) is 15.4 Å². The van der Waals surface area contributed by atoms with Gasteiger partial charge >= 0.3 is 0 Å². The third kappa shape index (κ3) is 2.43. The molecule has 1 heterocycles. The Morgan fingerprint density at radius 3 is 3.00 bits per heavy atom. The van der Waals surface area contributed by atoms with Gasteiger partial charge in [0.2, 0.25) is 0 Å². The molecule has 0 fully saturated rings. The van der Waals surface area contributed by atoms with Crippen LogP contribution in [-0.2, 0) is 6.42 Å². The van der Waals surface area contributed by atoms with Crippen LogP contribution in [0.25, 0.3) is 11.3 Å². The molecule has 1 N–H and O–H groups in total. The molecule has 0 unspecified atom stereocenters. The van der Waals surface area contributed by atoms with E-state index in [1.807, 2.05) is 0 Å². The summed E-state index contributed by atoms with van der Waals surface area (Å²) >= 11 is 0. The lowest BCUT2D eigenvalue weighted by Gasteiger charge is -2.01. The molecule has 1 aromatic heterocycles. The Morgan fingerprint density at radius 1 is 1.33 bits per heavy atom. The number of nitrogens with one attached hydrogen (secondary N) is 1. The van der Waals surface area contributed by atoms with Gasteiger partial charge in [0.05, 0.1) is 6.20 Å². The Kier molecular flexibility index (Phi) is 3.12. The molecule has 0 saturated heterocycles. The summed E-state index contributed by atoms with van der Waals surface area (Å²) in [6, 6.07) is 8.50. The van der Waals surface area contributed by atoms with Gasteiger partial charge in [0.25, 0.3) is 0 Å². The Morgan fingerprint density at radius 2 is 2.27 bits per heavy atom. The van der Waals surface area contributed by atoms with Gasteiger partial charge in [0.1, 0.15) is 5.69 Å². The largest absolute Gasteiger partial charge is 0.197 e. The van der Waals surface area contributed by atoms with Crippen molar-refractivity contribution in [3.63, 3.8) is 0 Å². The van der Waals surface area contributed by atoms with E-state index in [1.54, 1.807) is 6.20 Å². The maximum Gasteiger partial charge on any atom is 0.112 e. The van der Waals surface area contributed by atoms with Crippen molar-refractivity contribution in [1.29, 1.82) is 0 Å². The number of aromatic amines is 1. The molecule has 2 rings (SSSR count). The zero-order chi connectivity index (χ0) is 10.5. The minimum atomic E-state index is 0.911. The molecular formula is C12H15N3. The normalized spacial score (nSPS) is 10.5. The predicted molar refractivity (Wildman–Crippen MR) is 60.4 cm³/mol. The molecule has 1 aromatic carbocycles. The van der Waals surface area contributed by atoms with Gasteiger partial charge in [-0.3, -0.25) is 0 Å². The average molecular weight is 201 g/mol. The van der Waals surface area contributed by atoms with Crippen LogP contribution in [0.1, 0.15) is 25.3 Å². The van der Waals surface area contributed by atoms with Crippen molar-refractivity contribution in [2.45, 2.75) is 26.2 Å². The van der Waals surface area contributed by atoms with Gasteiger partial charge < -0.3 is 0 Å². The first-order chi connectivity index (χ1) is 7.40. The molecule has 0 aliphatic rings. The monoisotopic (exact) mass is 201 g/mol. The molecule has 0 radical (unpaired) electrons. The third-order valence-corrected chi connectivity index (χ3v) is 2.46. The number of H-pyrrole nitrogens is 1. The maximum atomic E-state index is 4.07. The number of nitrogens with zero attached hydrogens (tertiary/aromatic N) is 2. The van der Waals surface area contributed by atoms with Crippen molar-refractivity contribution in [3.8, 4) is 11.3 Å². The molecular weight excluding hydrogens is 186 g/mol. The summed E-state index contributed by atoms with van der Waals surface area (Å²) < 4.78 is 0. The smallest absolute Gasteiger partial charge is 0.112 e. The quantitative estimate of drug-likeness (QED) is 0.826. The van der Waals surface area contributed by atoms with Crippen molar-refractivity contribution < 1.29 is 0 Å². The number of benzene rings is 1. The summed E-state index contributed by atoms with van der Waals surface area (Å²) in [6.45, 7) is 2.21. The zero-order valence-electron chi connectivity index (χ0n) is 8.90. The van der Waals surface area contributed by atoms with Crippen molar-refractivity contribution >= 4 is 0 Å². The Balaban J connectivity index is 2.19. The van der Waals surface area contributed by atoms with Gasteiger partial charge in [-0.15, -0.1) is 0 Å². The van der Waals surface area contributed by atoms with Crippen LogP contribution < -0.4 is 0 Å². The van der Waals surface area contributed by atoms with Crippen LogP contribution in [0.2, 0.25) is 0 Å². The molecule has 0 bridgehead atoms. The molecule has 2 aromatic rings. The van der Waals surface area contributed by atoms with Crippen LogP contribution in [-0.4, -0.2) is 15.4 Å². The summed E-state index contributed by atoms with van der Waals surface area (Å²) in [5, 5.41) is 10.5. The van der Waals surface area contributed by atoms with Crippen molar-refractivity contribution in [1.82, 2.24) is 15.4 Å². The van der Waals surface area contributed by atoms with Gasteiger partial charge in [0, 0.05) is 5.56 Å². The molecule has 0 saturated carbocycles. The molecule has 15 heavy (non-hydrogen) atoms. The molecule has 0 amide bonds. The topological polar surface area (TPSA) is 41.6 Å². The lowest BCUT2D eigenvalue weighted by Crippen LogP contribution is -1.86. The van der Waals surface area contributed by atoms with Crippen LogP contribution in [0.4, 0.5) is 0 Å². The SMILES string of the molecule is CCCCc1cccc(-c2cn[nH]n2)c1. The van der Waals surface area contributed by atoms with Crippen LogP contribution in [0.5, 0.6) is 0 Å². The van der Waals surface area contributed by atoms with Gasteiger partial charge in [-0.25, -0.2) is 0 Å². The van der Waals surface area contributed by atoms with E-state index in [0.717, 1.165) is 17.7 Å². The average Bonchev–Trinajstić information content (AvgIpc) is 2.80. The van der Waals surface area contributed by atoms with Crippen molar-refractivity contribution in [2.24, 2.45) is 0 Å². The summed E-state index contributed by atoms with van der Waals surface area (Å²) in [7, 11) is 0. The number of aromatic nitrogens is 3. The fourth-order valence-corrected chi connectivity index (χ4v) is 1.61. The summed E-state index contributed by atoms with van der Waals surface area (Å²) in [6.07, 6.45) is 5.36. The molecule has 0 spiro atoms. The highest BCUT2D eigenvalue weighted by Crippen LogP contribution is 2.17. The van der Waals surface area contributed by atoms with Crippen LogP contribution in [0, 0.1) is 0 Å². The highest BCUT2D eigenvalue weighted by molar-refractivity contribution is 5.58. The number of aryl methyl sites for hydroxylation is 1. The van der Waals surface area contributed by atoms with Crippen LogP contribution in [0.3, 0.4) is 0 Å². The molecule has 3 nitrogen and oxygen atoms in total. The van der Waals surface area contributed by atoms with E-state index in [9.17, 15) is 0 Å². The van der Waals surface area contributed by atoms with E-state index >= 15 is 0 Å². The minimum absolute atomic E-state index is 0.911. The van der Waals surface area contributed by atoms with Gasteiger partial charge in [0.15, 0.2) is 0 Å². The summed E-state index contributed by atoms with van der Waals surface area (Å²) in [5.41, 5.74) is 3.42. The second kappa shape index (κ2) is 4.73. The Bertz CT molecular complexity index is 407. The summed E-state index contributed by atoms with van der Waals surface area (Å²) in [4.78, 5) is 0. The first kappa shape index (κ1) is 9.90. The first-order valence-corrected chi connectivity index (χ1v) is 5.35. The van der Waals surface area contributed by atoms with E-state index in [2.05, 4.69) is 46.6 Å². The zero-order valence-corrected chi connectivity index (χ0v) is 8.90. The maximum absolute atomic E-state index is 4.07. The van der Waals surface area contributed by atoms with E-state index in [4.69, 9.17) is 0 Å². The van der Waals surface area contributed by atoms with Gasteiger partial charge in [-0.05, 0) is 24.5 Å². The minimum Gasteiger partial charge on any atom is -0.197 e. The molecule has 3 heteroatoms. The predicted octanol–water partition coefficient (Wildman–Crippen LogP) is 2.81. The molecule has 0 atom stereocenters. The van der Waals surface area contributed by atoms with E-state index in [1.165, 1.54) is 18.4 Å². The highest BCUT2D eigenvalue weighted by atomic mass is 15.3. The van der Waals surface area contributed by atoms with Crippen LogP contribution >= 0.6 is 0 Å². The number of hydrogen-bond donors (Lipinski definition) is 1. The summed E-state index contributed by atoms with van der Waals surface area (Å²) in [5.74, 6) is 0. The lowest BCUT2D eigenvalue weighted by atomic mass is 10.0. The van der Waals surface area contributed by atoms with Crippen molar-refractivity contribution in [2.75, 3.05) is 0 Å². The fourth-order valence-electron chi connectivity index (χ4n) is 1.61. The second-order valence-electron chi connectivity index (χ2n) is 3.66.